The van der Waals surface area contributed by atoms with Gasteiger partial charge in [-0.25, -0.2) is 21.6 Å². The molecule has 0 spiro atoms. The van der Waals surface area contributed by atoms with Crippen molar-refractivity contribution in [3.05, 3.63) is 58.4 Å². The molecule has 0 heterocycles. The molecule has 2 aliphatic carbocycles. The smallest absolute Gasteiger partial charge is 0.255 e. The SMILES string of the molecule is O=C(Nc1cc(F)c(F)c(F)c1)c1ccc(Cl)c(S(=O)(=O)C2C3CC[C@H]2C[C@H](/C=N/O)C3)c1. The van der Waals surface area contributed by atoms with Gasteiger partial charge < -0.3 is 10.5 Å². The summed E-state index contributed by atoms with van der Waals surface area (Å²) in [5.41, 5.74) is -0.408. The van der Waals surface area contributed by atoms with Crippen LogP contribution in [0, 0.1) is 35.2 Å². The second-order valence-electron chi connectivity index (χ2n) is 8.46. The maximum absolute atomic E-state index is 13.6. The molecule has 0 saturated heterocycles. The average molecular weight is 501 g/mol. The van der Waals surface area contributed by atoms with Crippen molar-refractivity contribution < 1.29 is 31.6 Å². The highest BCUT2D eigenvalue weighted by atomic mass is 35.5. The predicted octanol–water partition coefficient (Wildman–Crippen LogP) is 5.05. The predicted molar refractivity (Wildman–Crippen MR) is 116 cm³/mol. The van der Waals surface area contributed by atoms with Crippen LogP contribution in [0.2, 0.25) is 5.02 Å². The Morgan fingerprint density at radius 2 is 1.70 bits per heavy atom. The Bertz CT molecular complexity index is 1200. The minimum atomic E-state index is -3.90. The van der Waals surface area contributed by atoms with E-state index in [0.29, 0.717) is 25.0 Å². The zero-order chi connectivity index (χ0) is 23.9. The first-order chi connectivity index (χ1) is 15.6. The molecule has 2 N–H and O–H groups in total. The van der Waals surface area contributed by atoms with E-state index in [9.17, 15) is 26.4 Å². The maximum Gasteiger partial charge on any atom is 0.255 e. The Labute approximate surface area is 193 Å². The monoisotopic (exact) mass is 500 g/mol. The van der Waals surface area contributed by atoms with Gasteiger partial charge in [0, 0.05) is 29.6 Å². The van der Waals surface area contributed by atoms with Crippen molar-refractivity contribution in [1.29, 1.82) is 0 Å². The number of anilines is 1. The highest BCUT2D eigenvalue weighted by molar-refractivity contribution is 7.92. The molecule has 2 aromatic carbocycles. The van der Waals surface area contributed by atoms with Crippen molar-refractivity contribution in [2.75, 3.05) is 5.32 Å². The fourth-order valence-corrected chi connectivity index (χ4v) is 7.95. The second kappa shape index (κ2) is 8.98. The van der Waals surface area contributed by atoms with E-state index in [-0.39, 0.29) is 38.9 Å². The standard InChI is InChI=1S/C22H20ClF3N2O4S/c23-16-4-3-14(22(29)28-15-8-17(24)20(26)18(25)9-15)7-19(16)33(31,32)21-12-1-2-13(21)6-11(5-12)10-27-30/h3-4,7-13,21,30H,1-2,5-6H2,(H,28,29)/b27-10+/t11-,12-,13?,21?/m0/s1. The van der Waals surface area contributed by atoms with Crippen LogP contribution in [0.25, 0.3) is 0 Å². The van der Waals surface area contributed by atoms with Gasteiger partial charge in [0.15, 0.2) is 27.3 Å². The van der Waals surface area contributed by atoms with E-state index in [1.54, 1.807) is 0 Å². The normalized spacial score (nSPS) is 24.8. The number of halogens is 4. The van der Waals surface area contributed by atoms with Crippen LogP contribution in [-0.4, -0.2) is 31.0 Å². The first-order valence-corrected chi connectivity index (χ1v) is 12.2. The van der Waals surface area contributed by atoms with Crippen LogP contribution in [0.15, 0.2) is 40.4 Å². The highest BCUT2D eigenvalue weighted by Gasteiger charge is 2.49. The van der Waals surface area contributed by atoms with Crippen molar-refractivity contribution in [2.24, 2.45) is 22.9 Å². The Hall–Kier alpha value is -2.59. The summed E-state index contributed by atoms with van der Waals surface area (Å²) in [5.74, 6) is -5.69. The van der Waals surface area contributed by atoms with E-state index < -0.39 is 38.4 Å². The molecule has 2 fully saturated rings. The molecule has 2 aliphatic rings. The van der Waals surface area contributed by atoms with E-state index in [4.69, 9.17) is 16.8 Å². The Balaban J connectivity index is 1.61. The van der Waals surface area contributed by atoms with Gasteiger partial charge in [-0.3, -0.25) is 4.79 Å². The van der Waals surface area contributed by atoms with Crippen LogP contribution in [0.4, 0.5) is 18.9 Å². The van der Waals surface area contributed by atoms with Crippen LogP contribution in [0.5, 0.6) is 0 Å². The quantitative estimate of drug-likeness (QED) is 0.260. The fourth-order valence-electron chi connectivity index (χ4n) is 5.08. The van der Waals surface area contributed by atoms with Crippen molar-refractivity contribution in [3.8, 4) is 0 Å². The van der Waals surface area contributed by atoms with Crippen LogP contribution in [-0.2, 0) is 9.84 Å². The van der Waals surface area contributed by atoms with Gasteiger partial charge in [0.25, 0.3) is 5.91 Å². The summed E-state index contributed by atoms with van der Waals surface area (Å²) in [7, 11) is -3.90. The number of benzene rings is 2. The van der Waals surface area contributed by atoms with Crippen molar-refractivity contribution in [3.63, 3.8) is 0 Å². The summed E-state index contributed by atoms with van der Waals surface area (Å²) in [4.78, 5) is 12.4. The van der Waals surface area contributed by atoms with Gasteiger partial charge in [0.05, 0.1) is 15.2 Å². The molecule has 0 radical (unpaired) electrons. The molecule has 176 valence electrons. The molecule has 0 aliphatic heterocycles. The third-order valence-corrected chi connectivity index (χ3v) is 9.30. The lowest BCUT2D eigenvalue weighted by Gasteiger charge is -2.33. The number of oxime groups is 1. The topological polar surface area (TPSA) is 95.8 Å². The van der Waals surface area contributed by atoms with E-state index in [1.165, 1.54) is 18.3 Å². The third kappa shape index (κ3) is 4.46. The van der Waals surface area contributed by atoms with Gasteiger partial charge in [-0.2, -0.15) is 0 Å². The molecule has 33 heavy (non-hydrogen) atoms. The van der Waals surface area contributed by atoms with E-state index in [1.807, 2.05) is 0 Å². The first-order valence-electron chi connectivity index (χ1n) is 10.3. The van der Waals surface area contributed by atoms with Gasteiger partial charge >= 0.3 is 0 Å². The van der Waals surface area contributed by atoms with Crippen molar-refractivity contribution in [2.45, 2.75) is 35.8 Å². The molecule has 2 aromatic rings. The second-order valence-corrected chi connectivity index (χ2v) is 10.9. The van der Waals surface area contributed by atoms with Crippen LogP contribution in [0.3, 0.4) is 0 Å². The van der Waals surface area contributed by atoms with E-state index >= 15 is 0 Å². The lowest BCUT2D eigenvalue weighted by Crippen LogP contribution is -2.38. The number of rotatable bonds is 5. The molecule has 11 heteroatoms. The summed E-state index contributed by atoms with van der Waals surface area (Å²) in [6, 6.07) is 4.95. The number of sulfone groups is 1. The minimum absolute atomic E-state index is 0.00281. The molecular weight excluding hydrogens is 481 g/mol. The van der Waals surface area contributed by atoms with E-state index in [2.05, 4.69) is 10.5 Å². The Morgan fingerprint density at radius 1 is 1.09 bits per heavy atom. The highest BCUT2D eigenvalue weighted by Crippen LogP contribution is 2.49. The number of hydrogen-bond donors (Lipinski definition) is 2. The lowest BCUT2D eigenvalue weighted by molar-refractivity contribution is 0.102. The minimum Gasteiger partial charge on any atom is -0.411 e. The molecule has 1 amide bonds. The number of carbonyl (C=O) groups excluding carboxylic acids is 1. The molecule has 0 aromatic heterocycles. The largest absolute Gasteiger partial charge is 0.411 e. The molecule has 2 unspecified atom stereocenters. The van der Waals surface area contributed by atoms with Crippen molar-refractivity contribution >= 4 is 39.2 Å². The van der Waals surface area contributed by atoms with Gasteiger partial charge in [0.1, 0.15) is 0 Å². The molecule has 2 bridgehead atoms. The number of fused-ring (bicyclic) bond motifs is 2. The summed E-state index contributed by atoms with van der Waals surface area (Å²) in [6.07, 6.45) is 4.04. The summed E-state index contributed by atoms with van der Waals surface area (Å²) < 4.78 is 67.1. The zero-order valence-electron chi connectivity index (χ0n) is 17.1. The van der Waals surface area contributed by atoms with Gasteiger partial charge in [0.2, 0.25) is 0 Å². The van der Waals surface area contributed by atoms with Gasteiger partial charge in [-0.1, -0.05) is 11.6 Å². The van der Waals surface area contributed by atoms with Crippen molar-refractivity contribution in [1.82, 2.24) is 0 Å². The summed E-state index contributed by atoms with van der Waals surface area (Å²) in [5, 5.41) is 13.4. The Morgan fingerprint density at radius 3 is 2.27 bits per heavy atom. The van der Waals surface area contributed by atoms with Gasteiger partial charge in [-0.15, -0.1) is 5.16 Å². The zero-order valence-corrected chi connectivity index (χ0v) is 18.7. The number of nitrogens with zero attached hydrogens (tertiary/aromatic N) is 1. The van der Waals surface area contributed by atoms with E-state index in [0.717, 1.165) is 18.9 Å². The average Bonchev–Trinajstić information content (AvgIpc) is 3.04. The lowest BCUT2D eigenvalue weighted by atomic mass is 9.81. The molecular formula is C22H20ClF3N2O4S. The number of carbonyl (C=O) groups is 1. The summed E-state index contributed by atoms with van der Waals surface area (Å²) >= 11 is 6.21. The number of amides is 1. The fraction of sp³-hybridized carbons (Fsp3) is 0.364. The van der Waals surface area contributed by atoms with Crippen LogP contribution in [0.1, 0.15) is 36.0 Å². The molecule has 4 rings (SSSR count). The van der Waals surface area contributed by atoms with Gasteiger partial charge in [-0.05, 0) is 61.6 Å². The van der Waals surface area contributed by atoms with Crippen LogP contribution >= 0.6 is 11.6 Å². The molecule has 6 nitrogen and oxygen atoms in total. The van der Waals surface area contributed by atoms with Crippen LogP contribution < -0.4 is 5.32 Å². The Kier molecular flexibility index (Phi) is 6.41. The molecule has 4 atom stereocenters. The third-order valence-electron chi connectivity index (χ3n) is 6.43. The molecule has 2 saturated carbocycles. The first kappa shape index (κ1) is 23.6. The number of nitrogens with one attached hydrogen (secondary N) is 1. The number of hydrogen-bond acceptors (Lipinski definition) is 5. The maximum atomic E-state index is 13.6. The summed E-state index contributed by atoms with van der Waals surface area (Å²) in [6.45, 7) is 0.